The molecule has 0 unspecified atom stereocenters. The molecule has 2 heteroatoms. The van der Waals surface area contributed by atoms with E-state index in [1.54, 1.807) is 0 Å². The minimum atomic E-state index is -0.000386. The lowest BCUT2D eigenvalue weighted by Gasteiger charge is -2.16. The van der Waals surface area contributed by atoms with Crippen LogP contribution in [0.5, 0.6) is 0 Å². The number of hydrogen-bond donors (Lipinski definition) is 1. The first-order valence-corrected chi connectivity index (χ1v) is 4.68. The summed E-state index contributed by atoms with van der Waals surface area (Å²) in [4.78, 5) is 3.43. The average Bonchev–Trinajstić information content (AvgIpc) is 1.59. The third-order valence-corrected chi connectivity index (χ3v) is 2.72. The quantitative estimate of drug-likeness (QED) is 0.549. The van der Waals surface area contributed by atoms with Crippen LogP contribution in [0.1, 0.15) is 27.7 Å². The van der Waals surface area contributed by atoms with Gasteiger partial charge in [-0.15, -0.1) is 0 Å². The summed E-state index contributed by atoms with van der Waals surface area (Å²) in [5.74, 6) is 0. The maximum atomic E-state index is 3.43. The van der Waals surface area contributed by atoms with Crippen molar-refractivity contribution in [2.75, 3.05) is 6.54 Å². The number of nitrogens with one attached hydrogen (secondary N) is 1. The molecule has 0 fully saturated rings. The molecule has 0 aliphatic heterocycles. The highest BCUT2D eigenvalue weighted by Crippen LogP contribution is 2.17. The monoisotopic (exact) mass is 131 g/mol. The third-order valence-electron chi connectivity index (χ3n) is 0.905. The maximum absolute atomic E-state index is 3.43. The van der Waals surface area contributed by atoms with E-state index in [1.165, 1.54) is 0 Å². The van der Waals surface area contributed by atoms with Crippen LogP contribution in [-0.2, 0) is 0 Å². The SMILES string of the molecule is CCN[SiH2]C(C)(C)C. The highest BCUT2D eigenvalue weighted by molar-refractivity contribution is 6.36. The Bertz CT molecular complexity index is 56.0. The van der Waals surface area contributed by atoms with Gasteiger partial charge in [-0.2, -0.15) is 0 Å². The molecule has 1 nitrogen and oxygen atoms in total. The Morgan fingerprint density at radius 1 is 1.38 bits per heavy atom. The minimum Gasteiger partial charge on any atom is -0.342 e. The second-order valence-corrected chi connectivity index (χ2v) is 6.32. The van der Waals surface area contributed by atoms with Gasteiger partial charge in [0, 0.05) is 0 Å². The molecule has 1 N–H and O–H groups in total. The first kappa shape index (κ1) is 8.18. The van der Waals surface area contributed by atoms with Gasteiger partial charge in [-0.25, -0.2) is 0 Å². The fourth-order valence-electron chi connectivity index (χ4n) is 0.500. The lowest BCUT2D eigenvalue weighted by atomic mass is 10.3. The molecule has 0 aromatic rings. The van der Waals surface area contributed by atoms with E-state index in [9.17, 15) is 0 Å². The molecule has 0 amide bonds. The largest absolute Gasteiger partial charge is 0.342 e. The molecular weight excluding hydrogens is 114 g/mol. The number of rotatable bonds is 2. The molecule has 0 bridgehead atoms. The highest BCUT2D eigenvalue weighted by atomic mass is 28.2. The molecule has 0 spiro atoms. The van der Waals surface area contributed by atoms with Crippen molar-refractivity contribution in [3.63, 3.8) is 0 Å². The minimum absolute atomic E-state index is 0.000386. The van der Waals surface area contributed by atoms with Crippen LogP contribution in [0, 0.1) is 0 Å². The normalized spacial score (nSPS) is 13.5. The predicted octanol–water partition coefficient (Wildman–Crippen LogP) is 0.898. The van der Waals surface area contributed by atoms with Crippen LogP contribution in [0.4, 0.5) is 0 Å². The van der Waals surface area contributed by atoms with Gasteiger partial charge in [0.2, 0.25) is 0 Å². The second-order valence-electron chi connectivity index (χ2n) is 3.34. The molecule has 0 saturated heterocycles. The Balaban J connectivity index is 3.11. The summed E-state index contributed by atoms with van der Waals surface area (Å²) in [7, 11) is -0.000386. The fraction of sp³-hybridized carbons (Fsp3) is 1.00. The number of hydrogen-bond acceptors (Lipinski definition) is 1. The summed E-state index contributed by atoms with van der Waals surface area (Å²) < 4.78 is 0. The molecule has 0 aliphatic carbocycles. The van der Waals surface area contributed by atoms with Gasteiger partial charge >= 0.3 is 0 Å². The first-order valence-electron chi connectivity index (χ1n) is 3.27. The topological polar surface area (TPSA) is 12.0 Å². The van der Waals surface area contributed by atoms with Crippen molar-refractivity contribution in [1.82, 2.24) is 4.98 Å². The van der Waals surface area contributed by atoms with Crippen LogP contribution < -0.4 is 4.98 Å². The van der Waals surface area contributed by atoms with Crippen LogP contribution in [0.15, 0.2) is 0 Å². The molecule has 50 valence electrons. The van der Waals surface area contributed by atoms with Crippen LogP contribution >= 0.6 is 0 Å². The third kappa shape index (κ3) is 6.18. The standard InChI is InChI=1S/C6H17NSi/c1-5-7-8-6(2,3)4/h7H,5,8H2,1-4H3. The van der Waals surface area contributed by atoms with E-state index in [-0.39, 0.29) is 9.68 Å². The van der Waals surface area contributed by atoms with Gasteiger partial charge < -0.3 is 4.98 Å². The Morgan fingerprint density at radius 2 is 1.88 bits per heavy atom. The van der Waals surface area contributed by atoms with Crippen molar-refractivity contribution < 1.29 is 0 Å². The van der Waals surface area contributed by atoms with E-state index in [2.05, 4.69) is 32.7 Å². The molecule has 8 heavy (non-hydrogen) atoms. The first-order chi connectivity index (χ1) is 3.56. The van der Waals surface area contributed by atoms with Gasteiger partial charge in [0.15, 0.2) is 0 Å². The van der Waals surface area contributed by atoms with E-state index < -0.39 is 0 Å². The van der Waals surface area contributed by atoms with Gasteiger partial charge in [-0.05, 0) is 11.6 Å². The summed E-state index contributed by atoms with van der Waals surface area (Å²) in [5, 5.41) is 0.579. The van der Waals surface area contributed by atoms with Crippen molar-refractivity contribution in [2.24, 2.45) is 0 Å². The average molecular weight is 131 g/mol. The van der Waals surface area contributed by atoms with E-state index in [1.807, 2.05) is 0 Å². The molecule has 0 rings (SSSR count). The molecule has 0 radical (unpaired) electrons. The molecule has 0 aromatic carbocycles. The summed E-state index contributed by atoms with van der Waals surface area (Å²) >= 11 is 0. The summed E-state index contributed by atoms with van der Waals surface area (Å²) in [5.41, 5.74) is 0. The zero-order valence-electron chi connectivity index (χ0n) is 6.41. The summed E-state index contributed by atoms with van der Waals surface area (Å²) in [6, 6.07) is 0. The highest BCUT2D eigenvalue weighted by Gasteiger charge is 2.08. The maximum Gasteiger partial charge on any atom is 0.0970 e. The van der Waals surface area contributed by atoms with Crippen molar-refractivity contribution in [1.29, 1.82) is 0 Å². The molecule has 0 heterocycles. The van der Waals surface area contributed by atoms with Crippen molar-refractivity contribution >= 4 is 9.68 Å². The van der Waals surface area contributed by atoms with Gasteiger partial charge in [-0.3, -0.25) is 0 Å². The van der Waals surface area contributed by atoms with Crippen LogP contribution in [0.2, 0.25) is 5.04 Å². The van der Waals surface area contributed by atoms with E-state index in [0.717, 1.165) is 6.54 Å². The molecule has 0 atom stereocenters. The van der Waals surface area contributed by atoms with Crippen molar-refractivity contribution in [3.8, 4) is 0 Å². The van der Waals surface area contributed by atoms with Gasteiger partial charge in [0.25, 0.3) is 0 Å². The van der Waals surface area contributed by atoms with Crippen LogP contribution in [0.25, 0.3) is 0 Å². The fourth-order valence-corrected chi connectivity index (χ4v) is 1.50. The lowest BCUT2D eigenvalue weighted by Crippen LogP contribution is -2.26. The molecular formula is C6H17NSi. The van der Waals surface area contributed by atoms with E-state index in [4.69, 9.17) is 0 Å². The van der Waals surface area contributed by atoms with Gasteiger partial charge in [-0.1, -0.05) is 27.7 Å². The zero-order valence-corrected chi connectivity index (χ0v) is 7.83. The zero-order chi connectivity index (χ0) is 6.62. The van der Waals surface area contributed by atoms with Crippen LogP contribution in [0.3, 0.4) is 0 Å². The predicted molar refractivity (Wildman–Crippen MR) is 41.9 cm³/mol. The Hall–Kier alpha value is 0.177. The van der Waals surface area contributed by atoms with Crippen molar-refractivity contribution in [3.05, 3.63) is 0 Å². The van der Waals surface area contributed by atoms with E-state index in [0.29, 0.717) is 5.04 Å². The Kier molecular flexibility index (Phi) is 3.32. The molecule has 0 saturated carbocycles. The second kappa shape index (κ2) is 3.25. The smallest absolute Gasteiger partial charge is 0.0970 e. The van der Waals surface area contributed by atoms with Gasteiger partial charge in [0.1, 0.15) is 0 Å². The van der Waals surface area contributed by atoms with Crippen LogP contribution in [-0.4, -0.2) is 16.2 Å². The summed E-state index contributed by atoms with van der Waals surface area (Å²) in [6.45, 7) is 10.2. The molecule has 0 aliphatic rings. The summed E-state index contributed by atoms with van der Waals surface area (Å²) in [6.07, 6.45) is 0. The van der Waals surface area contributed by atoms with Crippen molar-refractivity contribution in [2.45, 2.75) is 32.7 Å². The lowest BCUT2D eigenvalue weighted by molar-refractivity contribution is 0.732. The molecule has 0 aromatic heterocycles. The Morgan fingerprint density at radius 3 is 2.00 bits per heavy atom. The Labute approximate surface area is 54.8 Å². The van der Waals surface area contributed by atoms with E-state index >= 15 is 0 Å². The van der Waals surface area contributed by atoms with Gasteiger partial charge in [0.05, 0.1) is 9.68 Å².